The van der Waals surface area contributed by atoms with Crippen molar-refractivity contribution in [3.8, 4) is 0 Å². The predicted octanol–water partition coefficient (Wildman–Crippen LogP) is -0.245. The standard InChI is InChI=1S/C5H12N2O2.HI/c6-3-1-2-4(7)5(8)9;/h4H,1-3,6-7H2,(H,8,9);1H. The Kier molecular flexibility index (Phi) is 9.23. The van der Waals surface area contributed by atoms with Crippen LogP contribution in [0.25, 0.3) is 0 Å². The van der Waals surface area contributed by atoms with Crippen LogP contribution < -0.4 is 11.5 Å². The van der Waals surface area contributed by atoms with E-state index >= 15 is 0 Å². The average Bonchev–Trinajstić information content (AvgIpc) is 1.82. The van der Waals surface area contributed by atoms with Crippen LogP contribution in [-0.2, 0) is 4.79 Å². The molecule has 0 aromatic rings. The van der Waals surface area contributed by atoms with Gasteiger partial charge in [-0.25, -0.2) is 0 Å². The first kappa shape index (κ1) is 12.8. The van der Waals surface area contributed by atoms with E-state index in [9.17, 15) is 4.79 Å². The van der Waals surface area contributed by atoms with Gasteiger partial charge in [0.15, 0.2) is 0 Å². The van der Waals surface area contributed by atoms with Crippen molar-refractivity contribution < 1.29 is 9.90 Å². The number of aliphatic carboxylic acids is 1. The second kappa shape index (κ2) is 7.23. The number of carboxylic acid groups (broad SMARTS) is 1. The number of hydrogen-bond acceptors (Lipinski definition) is 3. The van der Waals surface area contributed by atoms with Crippen LogP contribution in [0.1, 0.15) is 12.8 Å². The van der Waals surface area contributed by atoms with Crippen molar-refractivity contribution in [2.75, 3.05) is 6.54 Å². The van der Waals surface area contributed by atoms with Crippen molar-refractivity contribution in [1.29, 1.82) is 0 Å². The Balaban J connectivity index is 0. The van der Waals surface area contributed by atoms with E-state index in [1.807, 2.05) is 0 Å². The van der Waals surface area contributed by atoms with Gasteiger partial charge in [-0.05, 0) is 19.4 Å². The fraction of sp³-hybridized carbons (Fsp3) is 0.800. The molecule has 0 aliphatic heterocycles. The van der Waals surface area contributed by atoms with E-state index < -0.39 is 12.0 Å². The molecule has 0 aromatic heterocycles. The highest BCUT2D eigenvalue weighted by Crippen LogP contribution is 1.91. The lowest BCUT2D eigenvalue weighted by molar-refractivity contribution is -0.138. The topological polar surface area (TPSA) is 89.3 Å². The Morgan fingerprint density at radius 2 is 2.10 bits per heavy atom. The number of carbonyl (C=O) groups is 1. The van der Waals surface area contributed by atoms with E-state index in [0.717, 1.165) is 0 Å². The lowest BCUT2D eigenvalue weighted by Crippen LogP contribution is -2.30. The SMILES string of the molecule is I.NCCCC(N)C(=O)O. The van der Waals surface area contributed by atoms with Crippen LogP contribution in [-0.4, -0.2) is 23.7 Å². The molecule has 1 unspecified atom stereocenters. The van der Waals surface area contributed by atoms with Gasteiger partial charge in [0.2, 0.25) is 0 Å². The zero-order chi connectivity index (χ0) is 7.28. The normalized spacial score (nSPS) is 11.8. The summed E-state index contributed by atoms with van der Waals surface area (Å²) in [4.78, 5) is 10.0. The summed E-state index contributed by atoms with van der Waals surface area (Å²) in [6.07, 6.45) is 1.14. The van der Waals surface area contributed by atoms with Gasteiger partial charge >= 0.3 is 5.97 Å². The maximum Gasteiger partial charge on any atom is 0.320 e. The fourth-order valence-corrected chi connectivity index (χ4v) is 0.461. The van der Waals surface area contributed by atoms with E-state index in [2.05, 4.69) is 0 Å². The largest absolute Gasteiger partial charge is 0.480 e. The molecule has 0 spiro atoms. The van der Waals surface area contributed by atoms with Crippen LogP contribution in [0.4, 0.5) is 0 Å². The van der Waals surface area contributed by atoms with Crippen LogP contribution in [0.5, 0.6) is 0 Å². The molecule has 1 atom stereocenters. The molecule has 5 N–H and O–H groups in total. The van der Waals surface area contributed by atoms with Gasteiger partial charge in [0.05, 0.1) is 0 Å². The van der Waals surface area contributed by atoms with Gasteiger partial charge in [-0.3, -0.25) is 4.79 Å². The highest BCUT2D eigenvalue weighted by atomic mass is 127. The Morgan fingerprint density at radius 3 is 2.40 bits per heavy atom. The molecule has 0 saturated heterocycles. The third-order valence-corrected chi connectivity index (χ3v) is 1.04. The van der Waals surface area contributed by atoms with E-state index in [0.29, 0.717) is 19.4 Å². The van der Waals surface area contributed by atoms with Crippen molar-refractivity contribution >= 4 is 29.9 Å². The second-order valence-electron chi connectivity index (χ2n) is 1.88. The molecule has 62 valence electrons. The van der Waals surface area contributed by atoms with E-state index in [1.54, 1.807) is 0 Å². The summed E-state index contributed by atoms with van der Waals surface area (Å²) in [6, 6.07) is -0.742. The third kappa shape index (κ3) is 6.24. The maximum absolute atomic E-state index is 10.0. The fourth-order valence-electron chi connectivity index (χ4n) is 0.461. The zero-order valence-electron chi connectivity index (χ0n) is 5.62. The molecule has 0 aliphatic rings. The number of rotatable bonds is 4. The molecule has 4 nitrogen and oxygen atoms in total. The smallest absolute Gasteiger partial charge is 0.320 e. The van der Waals surface area contributed by atoms with Crippen LogP contribution in [0.3, 0.4) is 0 Å². The lowest BCUT2D eigenvalue weighted by atomic mass is 10.2. The Hall–Kier alpha value is 0.120. The Bertz CT molecular complexity index is 99.6. The predicted molar refractivity (Wildman–Crippen MR) is 49.3 cm³/mol. The van der Waals surface area contributed by atoms with Gasteiger partial charge in [-0.1, -0.05) is 0 Å². The molecule has 0 fully saturated rings. The van der Waals surface area contributed by atoms with Crippen molar-refractivity contribution in [2.45, 2.75) is 18.9 Å². The molecule has 0 heterocycles. The van der Waals surface area contributed by atoms with Crippen molar-refractivity contribution in [3.05, 3.63) is 0 Å². The number of hydrogen-bond donors (Lipinski definition) is 3. The molecule has 10 heavy (non-hydrogen) atoms. The summed E-state index contributed by atoms with van der Waals surface area (Å²) in [7, 11) is 0. The molecule has 5 heteroatoms. The maximum atomic E-state index is 10.0. The first-order valence-electron chi connectivity index (χ1n) is 2.87. The molecule has 0 bridgehead atoms. The van der Waals surface area contributed by atoms with E-state index in [1.165, 1.54) is 0 Å². The minimum Gasteiger partial charge on any atom is -0.480 e. The first-order chi connectivity index (χ1) is 4.18. The third-order valence-electron chi connectivity index (χ3n) is 1.04. The van der Waals surface area contributed by atoms with Gasteiger partial charge in [0.1, 0.15) is 6.04 Å². The van der Waals surface area contributed by atoms with Gasteiger partial charge in [0.25, 0.3) is 0 Å². The first-order valence-corrected chi connectivity index (χ1v) is 2.87. The second-order valence-corrected chi connectivity index (χ2v) is 1.88. The van der Waals surface area contributed by atoms with Crippen molar-refractivity contribution in [3.63, 3.8) is 0 Å². The highest BCUT2D eigenvalue weighted by molar-refractivity contribution is 14.0. The summed E-state index contributed by atoms with van der Waals surface area (Å²) in [5.41, 5.74) is 10.3. The van der Waals surface area contributed by atoms with Crippen LogP contribution in [0, 0.1) is 0 Å². The number of carboxylic acids is 1. The minimum absolute atomic E-state index is 0. The van der Waals surface area contributed by atoms with Gasteiger partial charge in [-0.2, -0.15) is 0 Å². The minimum atomic E-state index is -0.955. The zero-order valence-corrected chi connectivity index (χ0v) is 7.95. The summed E-state index contributed by atoms with van der Waals surface area (Å²) in [6.45, 7) is 0.501. The molecule has 0 amide bonds. The molecule has 0 radical (unpaired) electrons. The van der Waals surface area contributed by atoms with Crippen LogP contribution in [0.2, 0.25) is 0 Å². The summed E-state index contributed by atoms with van der Waals surface area (Å²) in [5.74, 6) is -0.955. The molecule has 0 aliphatic carbocycles. The molecule has 0 saturated carbocycles. The van der Waals surface area contributed by atoms with Crippen LogP contribution in [0.15, 0.2) is 0 Å². The number of nitrogens with two attached hydrogens (primary N) is 2. The van der Waals surface area contributed by atoms with Gasteiger partial charge in [0, 0.05) is 0 Å². The quantitative estimate of drug-likeness (QED) is 0.608. The summed E-state index contributed by atoms with van der Waals surface area (Å²) < 4.78 is 0. The molecule has 0 aromatic carbocycles. The summed E-state index contributed by atoms with van der Waals surface area (Å²) in [5, 5.41) is 8.24. The highest BCUT2D eigenvalue weighted by Gasteiger charge is 2.08. The summed E-state index contributed by atoms with van der Waals surface area (Å²) >= 11 is 0. The monoisotopic (exact) mass is 260 g/mol. The molecular formula is C5H13IN2O2. The van der Waals surface area contributed by atoms with E-state index in [-0.39, 0.29) is 24.0 Å². The van der Waals surface area contributed by atoms with Crippen molar-refractivity contribution in [1.82, 2.24) is 0 Å². The van der Waals surface area contributed by atoms with Crippen molar-refractivity contribution in [2.24, 2.45) is 11.5 Å². The Morgan fingerprint density at radius 1 is 1.60 bits per heavy atom. The number of halogens is 1. The van der Waals surface area contributed by atoms with Gasteiger partial charge in [-0.15, -0.1) is 24.0 Å². The average molecular weight is 260 g/mol. The lowest BCUT2D eigenvalue weighted by Gasteiger charge is -2.02. The Labute approximate surface area is 77.0 Å². The molecule has 0 rings (SSSR count). The molecular weight excluding hydrogens is 247 g/mol. The van der Waals surface area contributed by atoms with Crippen LogP contribution >= 0.6 is 24.0 Å². The van der Waals surface area contributed by atoms with E-state index in [4.69, 9.17) is 16.6 Å². The van der Waals surface area contributed by atoms with Gasteiger partial charge < -0.3 is 16.6 Å².